The monoisotopic (exact) mass is 420 g/mol. The Morgan fingerprint density at radius 2 is 1.21 bits per heavy atom. The number of ether oxygens (including phenoxy) is 2. The zero-order valence-corrected chi connectivity index (χ0v) is 19.4. The molecule has 2 fully saturated rings. The Kier molecular flexibility index (Phi) is 13.5. The first-order chi connectivity index (χ1) is 13.7. The molecule has 0 aromatic carbocycles. The van der Waals surface area contributed by atoms with E-state index in [2.05, 4.69) is 10.6 Å². The van der Waals surface area contributed by atoms with Crippen LogP contribution in [0.25, 0.3) is 0 Å². The number of hydrogen-bond donors (Lipinski definition) is 2. The molecule has 4 nitrogen and oxygen atoms in total. The highest BCUT2D eigenvalue weighted by atomic mass is 19.1. The molecule has 0 saturated heterocycles. The van der Waals surface area contributed by atoms with Crippen LogP contribution in [0.3, 0.4) is 0 Å². The lowest BCUT2D eigenvalue weighted by Crippen LogP contribution is -2.39. The minimum Gasteiger partial charge on any atom is -0.377 e. The molecule has 0 heterocycles. The van der Waals surface area contributed by atoms with E-state index in [1.807, 2.05) is 27.7 Å². The lowest BCUT2D eigenvalue weighted by Gasteiger charge is -2.31. The topological polar surface area (TPSA) is 42.5 Å². The Bertz CT molecular complexity index is 390. The van der Waals surface area contributed by atoms with Gasteiger partial charge in [0.15, 0.2) is 0 Å². The molecule has 2 aliphatic rings. The third-order valence-electron chi connectivity index (χ3n) is 5.66. The van der Waals surface area contributed by atoms with Crippen molar-refractivity contribution in [3.8, 4) is 0 Å². The summed E-state index contributed by atoms with van der Waals surface area (Å²) < 4.78 is 37.1. The van der Waals surface area contributed by atoms with Gasteiger partial charge < -0.3 is 20.1 Å². The lowest BCUT2D eigenvalue weighted by molar-refractivity contribution is 0.0734. The third-order valence-corrected chi connectivity index (χ3v) is 5.66. The van der Waals surface area contributed by atoms with Crippen LogP contribution in [0, 0.1) is 0 Å². The molecule has 6 heteroatoms. The van der Waals surface area contributed by atoms with E-state index in [0.29, 0.717) is 37.1 Å². The van der Waals surface area contributed by atoms with Gasteiger partial charge in [-0.3, -0.25) is 0 Å². The van der Waals surface area contributed by atoms with Crippen molar-refractivity contribution in [2.75, 3.05) is 26.3 Å². The first-order valence-electron chi connectivity index (χ1n) is 11.7. The van der Waals surface area contributed by atoms with Crippen molar-refractivity contribution in [3.05, 3.63) is 0 Å². The van der Waals surface area contributed by atoms with Gasteiger partial charge in [0.1, 0.15) is 11.8 Å². The minimum absolute atomic E-state index is 0.298. The summed E-state index contributed by atoms with van der Waals surface area (Å²) >= 11 is 0. The molecule has 0 amide bonds. The van der Waals surface area contributed by atoms with Crippen molar-refractivity contribution in [1.82, 2.24) is 10.6 Å². The molecule has 0 spiro atoms. The van der Waals surface area contributed by atoms with Gasteiger partial charge in [-0.05, 0) is 86.0 Å². The van der Waals surface area contributed by atoms with E-state index in [0.717, 1.165) is 64.8 Å². The van der Waals surface area contributed by atoms with Gasteiger partial charge in [-0.1, -0.05) is 0 Å². The molecule has 29 heavy (non-hydrogen) atoms. The summed E-state index contributed by atoms with van der Waals surface area (Å²) in [7, 11) is 0. The molecule has 2 N–H and O–H groups in total. The molecule has 2 rings (SSSR count). The van der Waals surface area contributed by atoms with Crippen molar-refractivity contribution in [2.24, 2.45) is 0 Å². The van der Waals surface area contributed by atoms with Gasteiger partial charge in [0.05, 0.1) is 25.4 Å². The summed E-state index contributed by atoms with van der Waals surface area (Å²) in [4.78, 5) is 0. The van der Waals surface area contributed by atoms with E-state index >= 15 is 0 Å². The maximum atomic E-state index is 13.5. The second-order valence-corrected chi connectivity index (χ2v) is 9.38. The van der Waals surface area contributed by atoms with Gasteiger partial charge in [0, 0.05) is 25.2 Å². The maximum Gasteiger partial charge on any atom is 0.108 e. The molecular weight excluding hydrogens is 374 g/mol. The Balaban J connectivity index is 0.000000291. The van der Waals surface area contributed by atoms with Crippen molar-refractivity contribution in [3.63, 3.8) is 0 Å². The fourth-order valence-electron chi connectivity index (χ4n) is 3.80. The Hall–Kier alpha value is -0.300. The average Bonchev–Trinajstić information content (AvgIpc) is 2.65. The van der Waals surface area contributed by atoms with Crippen molar-refractivity contribution in [1.29, 1.82) is 0 Å². The highest BCUT2D eigenvalue weighted by molar-refractivity contribution is 4.85. The summed E-state index contributed by atoms with van der Waals surface area (Å²) in [6.07, 6.45) is 6.73. The summed E-state index contributed by atoms with van der Waals surface area (Å²) in [5.74, 6) is 0. The minimum atomic E-state index is -0.924. The Morgan fingerprint density at radius 3 is 1.62 bits per heavy atom. The highest BCUT2D eigenvalue weighted by Crippen LogP contribution is 2.31. The summed E-state index contributed by atoms with van der Waals surface area (Å²) in [5, 5.41) is 6.83. The van der Waals surface area contributed by atoms with E-state index in [-0.39, 0.29) is 0 Å². The molecule has 2 saturated carbocycles. The fourth-order valence-corrected chi connectivity index (χ4v) is 3.80. The molecule has 0 radical (unpaired) electrons. The largest absolute Gasteiger partial charge is 0.377 e. The second-order valence-electron chi connectivity index (χ2n) is 9.38. The second kappa shape index (κ2) is 14.7. The average molecular weight is 421 g/mol. The van der Waals surface area contributed by atoms with Gasteiger partial charge >= 0.3 is 0 Å². The van der Waals surface area contributed by atoms with Crippen LogP contribution in [-0.4, -0.2) is 62.4 Å². The van der Waals surface area contributed by atoms with E-state index in [1.165, 1.54) is 0 Å². The standard InChI is InChI=1S/C12H24FNO.C11H22FNO/c1-10(2)15-9-8-14-11-4-6-12(3,13)7-5-11;1-9(2)14-8-7-13-11-5-3-10(12)4-6-11/h10-11,14H,4-9H2,1-3H3;9-11,13H,3-8H2,1-2H3. The molecule has 0 unspecified atom stereocenters. The van der Waals surface area contributed by atoms with E-state index in [4.69, 9.17) is 9.47 Å². The quantitative estimate of drug-likeness (QED) is 0.491. The van der Waals surface area contributed by atoms with Gasteiger partial charge in [-0.15, -0.1) is 0 Å². The lowest BCUT2D eigenvalue weighted by atomic mass is 9.85. The maximum absolute atomic E-state index is 13.5. The number of rotatable bonds is 10. The smallest absolute Gasteiger partial charge is 0.108 e. The number of hydrogen-bond acceptors (Lipinski definition) is 4. The van der Waals surface area contributed by atoms with Crippen LogP contribution in [0.15, 0.2) is 0 Å². The molecule has 0 aromatic heterocycles. The molecule has 2 aliphatic carbocycles. The van der Waals surface area contributed by atoms with Crippen LogP contribution in [0.2, 0.25) is 0 Å². The molecular formula is C23H46F2N2O2. The summed E-state index contributed by atoms with van der Waals surface area (Å²) in [6.45, 7) is 13.1. The van der Waals surface area contributed by atoms with Crippen LogP contribution >= 0.6 is 0 Å². The predicted octanol–water partition coefficient (Wildman–Crippen LogP) is 4.95. The van der Waals surface area contributed by atoms with Gasteiger partial charge in [0.2, 0.25) is 0 Å². The third kappa shape index (κ3) is 14.4. The molecule has 0 atom stereocenters. The zero-order chi connectivity index (χ0) is 21.7. The van der Waals surface area contributed by atoms with Crippen molar-refractivity contribution >= 4 is 0 Å². The number of halogens is 2. The normalized spacial score (nSPS) is 30.3. The van der Waals surface area contributed by atoms with E-state index in [1.54, 1.807) is 6.92 Å². The van der Waals surface area contributed by atoms with Gasteiger partial charge in [0.25, 0.3) is 0 Å². The SMILES string of the molecule is CC(C)OCCNC1CCC(C)(F)CC1.CC(C)OCCNC1CCC(F)CC1. The van der Waals surface area contributed by atoms with Crippen molar-refractivity contribution in [2.45, 2.75) is 122 Å². The first kappa shape index (κ1) is 26.7. The van der Waals surface area contributed by atoms with Crippen LogP contribution in [0.1, 0.15) is 86.0 Å². The van der Waals surface area contributed by atoms with Crippen LogP contribution in [0.5, 0.6) is 0 Å². The molecule has 174 valence electrons. The number of alkyl halides is 2. The Morgan fingerprint density at radius 1 is 0.793 bits per heavy atom. The Labute approximate surface area is 177 Å². The van der Waals surface area contributed by atoms with E-state index in [9.17, 15) is 8.78 Å². The van der Waals surface area contributed by atoms with Gasteiger partial charge in [-0.25, -0.2) is 8.78 Å². The summed E-state index contributed by atoms with van der Waals surface area (Å²) in [5.41, 5.74) is -0.924. The number of nitrogens with one attached hydrogen (secondary N) is 2. The van der Waals surface area contributed by atoms with Crippen LogP contribution in [0.4, 0.5) is 8.78 Å². The van der Waals surface area contributed by atoms with Crippen LogP contribution in [-0.2, 0) is 9.47 Å². The first-order valence-corrected chi connectivity index (χ1v) is 11.7. The molecule has 0 bridgehead atoms. The van der Waals surface area contributed by atoms with Gasteiger partial charge in [-0.2, -0.15) is 0 Å². The summed E-state index contributed by atoms with van der Waals surface area (Å²) in [6, 6.07) is 1.00. The molecule has 0 aromatic rings. The van der Waals surface area contributed by atoms with Crippen LogP contribution < -0.4 is 10.6 Å². The predicted molar refractivity (Wildman–Crippen MR) is 117 cm³/mol. The van der Waals surface area contributed by atoms with E-state index < -0.39 is 11.8 Å². The van der Waals surface area contributed by atoms with Crippen molar-refractivity contribution < 1.29 is 18.3 Å². The zero-order valence-electron chi connectivity index (χ0n) is 19.4. The molecule has 0 aliphatic heterocycles. The fraction of sp³-hybridized carbons (Fsp3) is 1.00. The highest BCUT2D eigenvalue weighted by Gasteiger charge is 2.30.